The highest BCUT2D eigenvalue weighted by Crippen LogP contribution is 2.33. The van der Waals surface area contributed by atoms with Crippen molar-refractivity contribution in [3.63, 3.8) is 0 Å². The molecule has 1 unspecified atom stereocenters. The number of hydrogen-bond acceptors (Lipinski definition) is 6. The standard InChI is InChI=1S/C16H19N5O2/c1-10-11-8-19-14(13-17-6-5-7-18-13)20-12(11)9-21(10)15(22)23-16(2,3)4/h5-8,10H,9H2,1-4H3. The van der Waals surface area contributed by atoms with Crippen LogP contribution in [0.25, 0.3) is 11.6 Å². The molecule has 7 nitrogen and oxygen atoms in total. The molecule has 0 spiro atoms. The van der Waals surface area contributed by atoms with E-state index in [1.807, 2.05) is 27.7 Å². The van der Waals surface area contributed by atoms with Crippen LogP contribution in [0.3, 0.4) is 0 Å². The summed E-state index contributed by atoms with van der Waals surface area (Å²) in [7, 11) is 0. The molecule has 2 aromatic rings. The van der Waals surface area contributed by atoms with Gasteiger partial charge in [0.2, 0.25) is 0 Å². The quantitative estimate of drug-likeness (QED) is 0.805. The number of amides is 1. The van der Waals surface area contributed by atoms with Crippen LogP contribution in [0, 0.1) is 0 Å². The number of carbonyl (C=O) groups is 1. The summed E-state index contributed by atoms with van der Waals surface area (Å²) >= 11 is 0. The lowest BCUT2D eigenvalue weighted by Crippen LogP contribution is -2.35. The Balaban J connectivity index is 1.85. The smallest absolute Gasteiger partial charge is 0.411 e. The lowest BCUT2D eigenvalue weighted by molar-refractivity contribution is 0.0186. The molecule has 1 atom stereocenters. The Morgan fingerprint density at radius 3 is 2.57 bits per heavy atom. The zero-order chi connectivity index (χ0) is 16.6. The van der Waals surface area contributed by atoms with Crippen LogP contribution >= 0.6 is 0 Å². The Morgan fingerprint density at radius 1 is 1.22 bits per heavy atom. The number of rotatable bonds is 1. The zero-order valence-electron chi connectivity index (χ0n) is 13.6. The average molecular weight is 313 g/mol. The number of fused-ring (bicyclic) bond motifs is 1. The van der Waals surface area contributed by atoms with Gasteiger partial charge in [0.05, 0.1) is 18.3 Å². The van der Waals surface area contributed by atoms with E-state index in [1.54, 1.807) is 29.6 Å². The van der Waals surface area contributed by atoms with E-state index in [0.29, 0.717) is 18.2 Å². The highest BCUT2D eigenvalue weighted by Gasteiger charge is 2.35. The van der Waals surface area contributed by atoms with Gasteiger partial charge in [-0.05, 0) is 33.8 Å². The summed E-state index contributed by atoms with van der Waals surface area (Å²) < 4.78 is 5.45. The Hall–Kier alpha value is -2.57. The first-order valence-corrected chi connectivity index (χ1v) is 7.48. The molecular weight excluding hydrogens is 294 g/mol. The van der Waals surface area contributed by atoms with Crippen molar-refractivity contribution in [1.82, 2.24) is 24.8 Å². The van der Waals surface area contributed by atoms with Gasteiger partial charge in [-0.1, -0.05) is 0 Å². The fourth-order valence-corrected chi connectivity index (χ4v) is 2.43. The molecule has 0 saturated carbocycles. The van der Waals surface area contributed by atoms with Gasteiger partial charge in [-0.15, -0.1) is 0 Å². The van der Waals surface area contributed by atoms with Crippen LogP contribution in [0.5, 0.6) is 0 Å². The van der Waals surface area contributed by atoms with Crippen molar-refractivity contribution in [3.05, 3.63) is 35.9 Å². The SMILES string of the molecule is CC1c2cnc(-c3ncccn3)nc2CN1C(=O)OC(C)(C)C. The van der Waals surface area contributed by atoms with Gasteiger partial charge in [-0.3, -0.25) is 4.90 Å². The molecule has 0 bridgehead atoms. The van der Waals surface area contributed by atoms with Crippen molar-refractivity contribution in [2.75, 3.05) is 0 Å². The van der Waals surface area contributed by atoms with E-state index in [9.17, 15) is 4.79 Å². The summed E-state index contributed by atoms with van der Waals surface area (Å²) in [6.07, 6.45) is 4.69. The van der Waals surface area contributed by atoms with Crippen molar-refractivity contribution >= 4 is 6.09 Å². The number of hydrogen-bond donors (Lipinski definition) is 0. The van der Waals surface area contributed by atoms with E-state index in [4.69, 9.17) is 4.74 Å². The van der Waals surface area contributed by atoms with Gasteiger partial charge in [0.25, 0.3) is 0 Å². The van der Waals surface area contributed by atoms with E-state index < -0.39 is 5.60 Å². The van der Waals surface area contributed by atoms with Crippen LogP contribution in [0.2, 0.25) is 0 Å². The monoisotopic (exact) mass is 313 g/mol. The number of carbonyl (C=O) groups excluding carboxylic acids is 1. The van der Waals surface area contributed by atoms with Crippen molar-refractivity contribution in [2.45, 2.75) is 45.9 Å². The van der Waals surface area contributed by atoms with E-state index in [2.05, 4.69) is 19.9 Å². The van der Waals surface area contributed by atoms with Crippen LogP contribution in [-0.2, 0) is 11.3 Å². The molecule has 0 aromatic carbocycles. The average Bonchev–Trinajstić information content (AvgIpc) is 2.83. The maximum atomic E-state index is 12.3. The summed E-state index contributed by atoms with van der Waals surface area (Å²) in [5.74, 6) is 0.932. The fraction of sp³-hybridized carbons (Fsp3) is 0.438. The first kappa shape index (κ1) is 15.3. The molecule has 0 saturated heterocycles. The van der Waals surface area contributed by atoms with E-state index in [1.165, 1.54) is 0 Å². The first-order valence-electron chi connectivity index (χ1n) is 7.48. The molecule has 3 heterocycles. The number of ether oxygens (including phenoxy) is 1. The van der Waals surface area contributed by atoms with E-state index >= 15 is 0 Å². The van der Waals surface area contributed by atoms with Gasteiger partial charge in [-0.2, -0.15) is 0 Å². The van der Waals surface area contributed by atoms with Crippen LogP contribution in [-0.4, -0.2) is 36.5 Å². The molecular formula is C16H19N5O2. The minimum absolute atomic E-state index is 0.120. The van der Waals surface area contributed by atoms with Gasteiger partial charge in [0, 0.05) is 24.2 Å². The first-order chi connectivity index (χ1) is 10.8. The lowest BCUT2D eigenvalue weighted by atomic mass is 10.1. The molecule has 120 valence electrons. The Kier molecular flexibility index (Phi) is 3.71. The normalized spacial score (nSPS) is 17.0. The Bertz CT molecular complexity index is 727. The highest BCUT2D eigenvalue weighted by atomic mass is 16.6. The van der Waals surface area contributed by atoms with Gasteiger partial charge >= 0.3 is 6.09 Å². The predicted octanol–water partition coefficient (Wildman–Crippen LogP) is 2.75. The van der Waals surface area contributed by atoms with Crippen LogP contribution in [0.1, 0.15) is 45.0 Å². The van der Waals surface area contributed by atoms with Crippen molar-refractivity contribution in [2.24, 2.45) is 0 Å². The maximum absolute atomic E-state index is 12.3. The minimum atomic E-state index is -0.527. The molecule has 23 heavy (non-hydrogen) atoms. The van der Waals surface area contributed by atoms with Crippen LogP contribution in [0.15, 0.2) is 24.7 Å². The highest BCUT2D eigenvalue weighted by molar-refractivity contribution is 5.70. The molecule has 0 aliphatic carbocycles. The number of nitrogens with zero attached hydrogens (tertiary/aromatic N) is 5. The van der Waals surface area contributed by atoms with Crippen LogP contribution < -0.4 is 0 Å². The minimum Gasteiger partial charge on any atom is -0.444 e. The molecule has 0 radical (unpaired) electrons. The largest absolute Gasteiger partial charge is 0.444 e. The van der Waals surface area contributed by atoms with Gasteiger partial charge < -0.3 is 4.74 Å². The maximum Gasteiger partial charge on any atom is 0.411 e. The molecule has 7 heteroatoms. The third-order valence-electron chi connectivity index (χ3n) is 3.53. The third-order valence-corrected chi connectivity index (χ3v) is 3.53. The fourth-order valence-electron chi connectivity index (χ4n) is 2.43. The Morgan fingerprint density at radius 2 is 1.91 bits per heavy atom. The third kappa shape index (κ3) is 3.13. The topological polar surface area (TPSA) is 81.1 Å². The summed E-state index contributed by atoms with van der Waals surface area (Å²) in [5.41, 5.74) is 1.21. The molecule has 1 aliphatic heterocycles. The molecule has 1 aliphatic rings. The zero-order valence-corrected chi connectivity index (χ0v) is 13.6. The molecule has 2 aromatic heterocycles. The van der Waals surface area contributed by atoms with Crippen molar-refractivity contribution in [3.8, 4) is 11.6 Å². The molecule has 0 N–H and O–H groups in total. The molecule has 0 fully saturated rings. The number of aromatic nitrogens is 4. The van der Waals surface area contributed by atoms with E-state index in [0.717, 1.165) is 11.3 Å². The summed E-state index contributed by atoms with van der Waals surface area (Å²) in [6, 6.07) is 1.62. The molecule has 3 rings (SSSR count). The van der Waals surface area contributed by atoms with Crippen molar-refractivity contribution in [1.29, 1.82) is 0 Å². The summed E-state index contributed by atoms with van der Waals surface area (Å²) in [5, 5.41) is 0. The summed E-state index contributed by atoms with van der Waals surface area (Å²) in [6.45, 7) is 7.89. The second kappa shape index (κ2) is 5.57. The summed E-state index contributed by atoms with van der Waals surface area (Å²) in [4.78, 5) is 31.1. The van der Waals surface area contributed by atoms with Gasteiger partial charge in [-0.25, -0.2) is 24.7 Å². The molecule has 1 amide bonds. The Labute approximate surface area is 134 Å². The second-order valence-corrected chi connectivity index (χ2v) is 6.45. The van der Waals surface area contributed by atoms with Crippen molar-refractivity contribution < 1.29 is 9.53 Å². The second-order valence-electron chi connectivity index (χ2n) is 6.45. The van der Waals surface area contributed by atoms with Gasteiger partial charge in [0.1, 0.15) is 5.60 Å². The predicted molar refractivity (Wildman–Crippen MR) is 83.3 cm³/mol. The lowest BCUT2D eigenvalue weighted by Gasteiger charge is -2.26. The van der Waals surface area contributed by atoms with E-state index in [-0.39, 0.29) is 12.1 Å². The van der Waals surface area contributed by atoms with Crippen LogP contribution in [0.4, 0.5) is 4.79 Å². The van der Waals surface area contributed by atoms with Gasteiger partial charge in [0.15, 0.2) is 11.6 Å².